The molecule has 1 atom stereocenters. The molecule has 1 aliphatic rings. The Balaban J connectivity index is 1.70. The summed E-state index contributed by atoms with van der Waals surface area (Å²) in [7, 11) is 0. The normalized spacial score (nSPS) is 16.8. The lowest BCUT2D eigenvalue weighted by Crippen LogP contribution is -2.46. The number of aliphatic hydroxyl groups is 1. The number of aryl methyl sites for hydroxylation is 1. The number of phenolic OH excluding ortho intramolecular Hbond substituents is 1. The molecule has 0 amide bonds. The van der Waals surface area contributed by atoms with Crippen LogP contribution in [0.3, 0.4) is 0 Å². The first-order valence-electron chi connectivity index (χ1n) is 11.3. The number of aliphatic hydroxyl groups excluding tert-OH is 1. The fourth-order valence-corrected chi connectivity index (χ4v) is 3.94. The monoisotopic (exact) mass is 391 g/mol. The highest BCUT2D eigenvalue weighted by Gasteiger charge is 2.30. The summed E-state index contributed by atoms with van der Waals surface area (Å²) < 4.78 is 5.75. The summed E-state index contributed by atoms with van der Waals surface area (Å²) in [5.41, 5.74) is 6.95. The summed E-state index contributed by atoms with van der Waals surface area (Å²) in [4.78, 5) is 0. The highest BCUT2D eigenvalue weighted by molar-refractivity contribution is 5.41. The molecule has 0 aliphatic heterocycles. The summed E-state index contributed by atoms with van der Waals surface area (Å²) in [5.74, 6) is 2.21. The van der Waals surface area contributed by atoms with Crippen LogP contribution in [0.5, 0.6) is 11.5 Å². The van der Waals surface area contributed by atoms with Gasteiger partial charge in [0.05, 0.1) is 13.2 Å². The van der Waals surface area contributed by atoms with Gasteiger partial charge in [0.1, 0.15) is 0 Å². The molecule has 160 valence electrons. The van der Waals surface area contributed by atoms with Crippen LogP contribution in [0.15, 0.2) is 18.2 Å². The largest absolute Gasteiger partial charge is 0.504 e. The highest BCUT2D eigenvalue weighted by Crippen LogP contribution is 2.35. The fourth-order valence-electron chi connectivity index (χ4n) is 3.94. The second-order valence-electron chi connectivity index (χ2n) is 9.27. The quantitative estimate of drug-likeness (QED) is 0.381. The van der Waals surface area contributed by atoms with Gasteiger partial charge in [0.2, 0.25) is 0 Å². The van der Waals surface area contributed by atoms with Gasteiger partial charge >= 0.3 is 0 Å². The molecular formula is C24H41NO3. The van der Waals surface area contributed by atoms with Gasteiger partial charge in [-0.3, -0.25) is 0 Å². The third-order valence-corrected chi connectivity index (χ3v) is 6.10. The predicted octanol–water partition coefficient (Wildman–Crippen LogP) is 5.19. The lowest BCUT2D eigenvalue weighted by molar-refractivity contribution is 0.135. The third-order valence-electron chi connectivity index (χ3n) is 6.10. The van der Waals surface area contributed by atoms with Crippen molar-refractivity contribution in [1.82, 2.24) is 0 Å². The Bertz CT molecular complexity index is 571. The van der Waals surface area contributed by atoms with Crippen molar-refractivity contribution in [2.24, 2.45) is 17.6 Å². The molecular weight excluding hydrogens is 350 g/mol. The topological polar surface area (TPSA) is 75.7 Å². The zero-order valence-corrected chi connectivity index (χ0v) is 18.0. The van der Waals surface area contributed by atoms with Crippen LogP contribution in [-0.4, -0.2) is 29.0 Å². The minimum Gasteiger partial charge on any atom is -0.504 e. The first-order chi connectivity index (χ1) is 13.4. The van der Waals surface area contributed by atoms with Crippen molar-refractivity contribution < 1.29 is 14.9 Å². The number of rotatable bonds is 14. The van der Waals surface area contributed by atoms with E-state index in [9.17, 15) is 10.2 Å². The molecule has 1 aliphatic carbocycles. The summed E-state index contributed by atoms with van der Waals surface area (Å²) in [6.07, 6.45) is 12.2. The standard InChI is InChI=1S/C24H41NO3/c1-19(2)8-5-3-4-6-15-28-23-12-11-20(16-22(23)27)13-14-24(25,18-26)17-21-9-7-10-21/h11-12,16,19,21,26-27H,3-10,13-15,17-18,25H2,1-2H3. The van der Waals surface area contributed by atoms with Crippen molar-refractivity contribution in [2.75, 3.05) is 13.2 Å². The number of aromatic hydroxyl groups is 1. The fraction of sp³-hybridized carbons (Fsp3) is 0.750. The first kappa shape index (κ1) is 23.0. The van der Waals surface area contributed by atoms with Crippen LogP contribution in [0, 0.1) is 11.8 Å². The van der Waals surface area contributed by atoms with Gasteiger partial charge in [-0.25, -0.2) is 0 Å². The Morgan fingerprint density at radius 3 is 2.54 bits per heavy atom. The van der Waals surface area contributed by atoms with Crippen LogP contribution in [0.25, 0.3) is 0 Å². The molecule has 4 N–H and O–H groups in total. The van der Waals surface area contributed by atoms with Crippen molar-refractivity contribution in [2.45, 2.75) is 90.0 Å². The van der Waals surface area contributed by atoms with Crippen molar-refractivity contribution >= 4 is 0 Å². The number of hydrogen-bond donors (Lipinski definition) is 3. The Labute approximate surface area is 171 Å². The number of nitrogens with two attached hydrogens (primary N) is 1. The second-order valence-corrected chi connectivity index (χ2v) is 9.27. The van der Waals surface area contributed by atoms with Crippen LogP contribution in [0.1, 0.15) is 83.6 Å². The van der Waals surface area contributed by atoms with Crippen molar-refractivity contribution in [3.63, 3.8) is 0 Å². The van der Waals surface area contributed by atoms with Gasteiger partial charge in [-0.05, 0) is 55.2 Å². The van der Waals surface area contributed by atoms with E-state index in [1.54, 1.807) is 6.07 Å². The maximum absolute atomic E-state index is 10.3. The minimum absolute atomic E-state index is 0.0217. The van der Waals surface area contributed by atoms with Crippen molar-refractivity contribution in [1.29, 1.82) is 0 Å². The molecule has 1 saturated carbocycles. The number of unbranched alkanes of at least 4 members (excludes halogenated alkanes) is 3. The summed E-state index contributed by atoms with van der Waals surface area (Å²) in [5, 5.41) is 20.0. The van der Waals surface area contributed by atoms with Crippen LogP contribution in [-0.2, 0) is 6.42 Å². The second kappa shape index (κ2) is 11.7. The van der Waals surface area contributed by atoms with E-state index < -0.39 is 5.54 Å². The first-order valence-corrected chi connectivity index (χ1v) is 11.3. The number of phenols is 1. The van der Waals surface area contributed by atoms with E-state index in [1.165, 1.54) is 44.9 Å². The average Bonchev–Trinajstić information content (AvgIpc) is 2.63. The minimum atomic E-state index is -0.508. The highest BCUT2D eigenvalue weighted by atomic mass is 16.5. The van der Waals surface area contributed by atoms with Gasteiger partial charge in [-0.15, -0.1) is 0 Å². The lowest BCUT2D eigenvalue weighted by atomic mass is 9.75. The molecule has 4 nitrogen and oxygen atoms in total. The number of hydrogen-bond acceptors (Lipinski definition) is 4. The number of benzene rings is 1. The number of ether oxygens (including phenoxy) is 1. The van der Waals surface area contributed by atoms with Gasteiger partial charge < -0.3 is 20.7 Å². The molecule has 1 aromatic carbocycles. The van der Waals surface area contributed by atoms with Crippen LogP contribution < -0.4 is 10.5 Å². The Morgan fingerprint density at radius 1 is 1.18 bits per heavy atom. The Hall–Kier alpha value is -1.26. The van der Waals surface area contributed by atoms with E-state index in [2.05, 4.69) is 13.8 Å². The van der Waals surface area contributed by atoms with Crippen molar-refractivity contribution in [3.8, 4) is 11.5 Å². The average molecular weight is 392 g/mol. The van der Waals surface area contributed by atoms with E-state index >= 15 is 0 Å². The van der Waals surface area contributed by atoms with Gasteiger partial charge in [0.15, 0.2) is 11.5 Å². The van der Waals surface area contributed by atoms with Gasteiger partial charge in [0.25, 0.3) is 0 Å². The molecule has 28 heavy (non-hydrogen) atoms. The molecule has 0 heterocycles. The molecule has 0 saturated heterocycles. The molecule has 1 aromatic rings. The SMILES string of the molecule is CC(C)CCCCCCOc1ccc(CCC(N)(CO)CC2CCC2)cc1O. The van der Waals surface area contributed by atoms with E-state index in [1.807, 2.05) is 12.1 Å². The van der Waals surface area contributed by atoms with E-state index in [0.717, 1.165) is 37.2 Å². The molecule has 2 rings (SSSR count). The Morgan fingerprint density at radius 2 is 1.93 bits per heavy atom. The van der Waals surface area contributed by atoms with Gasteiger partial charge in [-0.2, -0.15) is 0 Å². The zero-order valence-electron chi connectivity index (χ0n) is 18.0. The van der Waals surface area contributed by atoms with Crippen LogP contribution in [0.2, 0.25) is 0 Å². The molecule has 0 bridgehead atoms. The summed E-state index contributed by atoms with van der Waals surface area (Å²) >= 11 is 0. The maximum Gasteiger partial charge on any atom is 0.160 e. The van der Waals surface area contributed by atoms with Crippen LogP contribution >= 0.6 is 0 Å². The molecule has 1 fully saturated rings. The molecule has 0 radical (unpaired) electrons. The van der Waals surface area contributed by atoms with E-state index in [0.29, 0.717) is 18.3 Å². The Kier molecular flexibility index (Phi) is 9.60. The lowest BCUT2D eigenvalue weighted by Gasteiger charge is -2.35. The summed E-state index contributed by atoms with van der Waals surface area (Å²) in [6.45, 7) is 5.20. The predicted molar refractivity (Wildman–Crippen MR) is 116 cm³/mol. The van der Waals surface area contributed by atoms with Crippen molar-refractivity contribution in [3.05, 3.63) is 23.8 Å². The summed E-state index contributed by atoms with van der Waals surface area (Å²) in [6, 6.07) is 5.63. The molecule has 0 spiro atoms. The van der Waals surface area contributed by atoms with Gasteiger partial charge in [0, 0.05) is 5.54 Å². The zero-order chi connectivity index (χ0) is 20.4. The van der Waals surface area contributed by atoms with E-state index in [-0.39, 0.29) is 12.4 Å². The van der Waals surface area contributed by atoms with Gasteiger partial charge in [-0.1, -0.05) is 64.9 Å². The van der Waals surface area contributed by atoms with E-state index in [4.69, 9.17) is 10.5 Å². The molecule has 4 heteroatoms. The van der Waals surface area contributed by atoms with Crippen LogP contribution in [0.4, 0.5) is 0 Å². The molecule has 0 aromatic heterocycles. The maximum atomic E-state index is 10.3. The third kappa shape index (κ3) is 8.00. The molecule has 1 unspecified atom stereocenters. The smallest absolute Gasteiger partial charge is 0.160 e.